The Hall–Kier alpha value is -1.92. The zero-order valence-electron chi connectivity index (χ0n) is 17.0. The van der Waals surface area contributed by atoms with Crippen LogP contribution in [0.25, 0.3) is 10.9 Å². The van der Waals surface area contributed by atoms with Crippen LogP contribution in [0.15, 0.2) is 53.1 Å². The van der Waals surface area contributed by atoms with Crippen molar-refractivity contribution in [3.8, 4) is 5.75 Å². The number of hydrogen-bond acceptors (Lipinski definition) is 4. The third-order valence-electron chi connectivity index (χ3n) is 4.82. The summed E-state index contributed by atoms with van der Waals surface area (Å²) in [6.45, 7) is 2.56. The van der Waals surface area contributed by atoms with Gasteiger partial charge in [-0.3, -0.25) is 9.36 Å². The molecule has 160 valence electrons. The van der Waals surface area contributed by atoms with Gasteiger partial charge in [0.15, 0.2) is 0 Å². The van der Waals surface area contributed by atoms with Crippen molar-refractivity contribution in [1.82, 2.24) is 4.57 Å². The molecule has 0 aliphatic heterocycles. The molecule has 3 rings (SSSR count). The topological polar surface area (TPSA) is 77.8 Å². The number of benzene rings is 2. The number of ketones is 1. The molecule has 1 N–H and O–H groups in total. The number of hydrogen-bond donors (Lipinski definition) is 1. The van der Waals surface area contributed by atoms with E-state index in [2.05, 4.69) is 37.2 Å². The third-order valence-corrected chi connectivity index (χ3v) is 7.18. The average molecular weight is 494 g/mol. The number of nitrogens with zero attached hydrogens (tertiary/aromatic N) is 1. The van der Waals surface area contributed by atoms with Crippen LogP contribution in [-0.4, -0.2) is 35.1 Å². The van der Waals surface area contributed by atoms with Crippen LogP contribution in [0.3, 0.4) is 0 Å². The molecule has 3 aromatic rings. The molecule has 2 aromatic carbocycles. The van der Waals surface area contributed by atoms with E-state index >= 15 is 0 Å². The lowest BCUT2D eigenvalue weighted by Gasteiger charge is -2.10. The molecule has 1 atom stereocenters. The largest absolute Gasteiger partial charge is 0.494 e. The van der Waals surface area contributed by atoms with E-state index < -0.39 is 7.60 Å². The van der Waals surface area contributed by atoms with Crippen LogP contribution in [-0.2, 0) is 26.8 Å². The summed E-state index contributed by atoms with van der Waals surface area (Å²) in [6.07, 6.45) is 0.767. The summed E-state index contributed by atoms with van der Waals surface area (Å²) in [4.78, 5) is 21.3. The lowest BCUT2D eigenvalue weighted by molar-refractivity contribution is -0.116. The van der Waals surface area contributed by atoms with Gasteiger partial charge in [-0.05, 0) is 58.6 Å². The van der Waals surface area contributed by atoms with Gasteiger partial charge >= 0.3 is 7.60 Å². The van der Waals surface area contributed by atoms with E-state index in [4.69, 9.17) is 4.74 Å². The van der Waals surface area contributed by atoms with Crippen LogP contribution >= 0.6 is 23.5 Å². The first-order chi connectivity index (χ1) is 14.3. The SMILES string of the molecule is COP(=O)(O)CCCOc1ccc2c(c1)c(CC(C)=O)c(Br)n2Cc1ccccc1. The Labute approximate surface area is 184 Å². The van der Waals surface area contributed by atoms with E-state index in [0.29, 0.717) is 31.7 Å². The van der Waals surface area contributed by atoms with Crippen molar-refractivity contribution in [1.29, 1.82) is 0 Å². The fourth-order valence-electron chi connectivity index (χ4n) is 3.35. The maximum atomic E-state index is 11.9. The Kier molecular flexibility index (Phi) is 7.53. The van der Waals surface area contributed by atoms with E-state index in [9.17, 15) is 14.3 Å². The average Bonchev–Trinajstić information content (AvgIpc) is 2.97. The van der Waals surface area contributed by atoms with Crippen LogP contribution in [0.2, 0.25) is 0 Å². The predicted molar refractivity (Wildman–Crippen MR) is 121 cm³/mol. The normalized spacial score (nSPS) is 13.3. The van der Waals surface area contributed by atoms with Gasteiger partial charge in [-0.15, -0.1) is 0 Å². The van der Waals surface area contributed by atoms with Crippen molar-refractivity contribution in [3.05, 3.63) is 64.3 Å². The number of aromatic nitrogens is 1. The second kappa shape index (κ2) is 9.92. The van der Waals surface area contributed by atoms with Crippen molar-refractivity contribution in [3.63, 3.8) is 0 Å². The van der Waals surface area contributed by atoms with E-state index in [1.54, 1.807) is 6.92 Å². The van der Waals surface area contributed by atoms with E-state index in [0.717, 1.165) is 26.6 Å². The molecule has 6 nitrogen and oxygen atoms in total. The zero-order chi connectivity index (χ0) is 21.7. The molecule has 1 aromatic heterocycles. The standard InChI is InChI=1S/C22H25BrNO5P/c1-16(25)13-20-19-14-18(29-11-6-12-30(26,27)28-2)9-10-21(19)24(22(20)23)15-17-7-4-3-5-8-17/h3-5,7-10,14H,6,11-13,15H2,1-2H3,(H,26,27). The Morgan fingerprint density at radius 3 is 2.60 bits per heavy atom. The van der Waals surface area contributed by atoms with Gasteiger partial charge in [0.2, 0.25) is 0 Å². The van der Waals surface area contributed by atoms with Gasteiger partial charge in [-0.2, -0.15) is 0 Å². The maximum Gasteiger partial charge on any atom is 0.327 e. The van der Waals surface area contributed by atoms with E-state index in [1.807, 2.05) is 36.4 Å². The summed E-state index contributed by atoms with van der Waals surface area (Å²) in [6, 6.07) is 15.9. The molecule has 1 unspecified atom stereocenters. The highest BCUT2D eigenvalue weighted by Gasteiger charge is 2.18. The number of carbonyl (C=O) groups excluding carboxylic acids is 1. The number of fused-ring (bicyclic) bond motifs is 1. The summed E-state index contributed by atoms with van der Waals surface area (Å²) in [7, 11) is -2.30. The molecule has 1 heterocycles. The second-order valence-corrected chi connectivity index (χ2v) is 9.98. The first kappa shape index (κ1) is 22.8. The molecule has 0 spiro atoms. The van der Waals surface area contributed by atoms with Crippen LogP contribution in [0.5, 0.6) is 5.75 Å². The molecule has 0 saturated carbocycles. The van der Waals surface area contributed by atoms with Gasteiger partial charge in [0, 0.05) is 31.0 Å². The fourth-order valence-corrected chi connectivity index (χ4v) is 4.73. The van der Waals surface area contributed by atoms with E-state index in [1.165, 1.54) is 7.11 Å². The minimum atomic E-state index is -3.52. The molecule has 0 amide bonds. The lowest BCUT2D eigenvalue weighted by atomic mass is 10.1. The Morgan fingerprint density at radius 1 is 1.20 bits per heavy atom. The van der Waals surface area contributed by atoms with Crippen LogP contribution in [0.4, 0.5) is 0 Å². The first-order valence-electron chi connectivity index (χ1n) is 9.65. The third kappa shape index (κ3) is 5.61. The molecule has 0 aliphatic rings. The van der Waals surface area contributed by atoms with Gasteiger partial charge < -0.3 is 18.7 Å². The molecule has 8 heteroatoms. The van der Waals surface area contributed by atoms with Crippen molar-refractivity contribution in [2.45, 2.75) is 26.3 Å². The van der Waals surface area contributed by atoms with Crippen LogP contribution in [0, 0.1) is 0 Å². The van der Waals surface area contributed by atoms with Crippen LogP contribution in [0.1, 0.15) is 24.5 Å². The van der Waals surface area contributed by atoms with E-state index in [-0.39, 0.29) is 11.9 Å². The number of Topliss-reactive ketones (excluding diaryl/α,β-unsaturated/α-hetero) is 1. The van der Waals surface area contributed by atoms with Gasteiger partial charge in [0.25, 0.3) is 0 Å². The van der Waals surface area contributed by atoms with Gasteiger partial charge in [0.1, 0.15) is 11.5 Å². The second-order valence-electron chi connectivity index (χ2n) is 7.14. The molecular formula is C22H25BrNO5P. The smallest absolute Gasteiger partial charge is 0.327 e. The highest BCUT2D eigenvalue weighted by atomic mass is 79.9. The molecule has 30 heavy (non-hydrogen) atoms. The molecule has 0 radical (unpaired) electrons. The molecule has 0 saturated heterocycles. The minimum absolute atomic E-state index is 0.0420. The summed E-state index contributed by atoms with van der Waals surface area (Å²) >= 11 is 3.70. The molecule has 0 fully saturated rings. The maximum absolute atomic E-state index is 11.9. The summed E-state index contributed by atoms with van der Waals surface area (Å²) < 4.78 is 24.9. The highest BCUT2D eigenvalue weighted by molar-refractivity contribution is 9.10. The van der Waals surface area contributed by atoms with Crippen molar-refractivity contribution >= 4 is 40.2 Å². The Balaban J connectivity index is 1.87. The first-order valence-corrected chi connectivity index (χ1v) is 12.2. The molecule has 0 bridgehead atoms. The number of ether oxygens (including phenoxy) is 1. The Morgan fingerprint density at radius 2 is 1.93 bits per heavy atom. The lowest BCUT2D eigenvalue weighted by Crippen LogP contribution is -2.02. The molecule has 0 aliphatic carbocycles. The number of halogens is 1. The summed E-state index contributed by atoms with van der Waals surface area (Å²) in [5.74, 6) is 0.737. The predicted octanol–water partition coefficient (Wildman–Crippen LogP) is 5.18. The van der Waals surface area contributed by atoms with Crippen molar-refractivity contribution < 1.29 is 23.5 Å². The van der Waals surface area contributed by atoms with Gasteiger partial charge in [-0.25, -0.2) is 0 Å². The van der Waals surface area contributed by atoms with Gasteiger partial charge in [0.05, 0.1) is 17.4 Å². The monoisotopic (exact) mass is 493 g/mol. The minimum Gasteiger partial charge on any atom is -0.494 e. The van der Waals surface area contributed by atoms with Crippen LogP contribution < -0.4 is 4.74 Å². The molecular weight excluding hydrogens is 469 g/mol. The Bertz CT molecular complexity index is 1080. The highest BCUT2D eigenvalue weighted by Crippen LogP contribution is 2.41. The van der Waals surface area contributed by atoms with Crippen molar-refractivity contribution in [2.24, 2.45) is 0 Å². The number of carbonyl (C=O) groups is 1. The fraction of sp³-hybridized carbons (Fsp3) is 0.318. The zero-order valence-corrected chi connectivity index (χ0v) is 19.5. The number of rotatable bonds is 10. The summed E-state index contributed by atoms with van der Waals surface area (Å²) in [5, 5.41) is 0.954. The quantitative estimate of drug-likeness (QED) is 0.310. The van der Waals surface area contributed by atoms with Gasteiger partial charge in [-0.1, -0.05) is 30.3 Å². The summed E-state index contributed by atoms with van der Waals surface area (Å²) in [5.41, 5.74) is 3.10. The van der Waals surface area contributed by atoms with Crippen molar-refractivity contribution in [2.75, 3.05) is 19.9 Å².